The molecule has 1 atom stereocenters. The Morgan fingerprint density at radius 3 is 2.57 bits per heavy atom. The highest BCUT2D eigenvalue weighted by molar-refractivity contribution is 6.07. The number of amidine groups is 1. The third-order valence-electron chi connectivity index (χ3n) is 7.35. The van der Waals surface area contributed by atoms with E-state index in [0.717, 1.165) is 5.56 Å². The molecule has 220 valence electrons. The Morgan fingerprint density at radius 2 is 1.98 bits per heavy atom. The largest absolute Gasteiger partial charge is 0.398 e. The number of pyridine rings is 2. The van der Waals surface area contributed by atoms with E-state index >= 15 is 8.78 Å². The van der Waals surface area contributed by atoms with Gasteiger partial charge in [-0.2, -0.15) is 0 Å². The summed E-state index contributed by atoms with van der Waals surface area (Å²) in [5, 5.41) is 0. The van der Waals surface area contributed by atoms with Crippen molar-refractivity contribution in [3.8, 4) is 11.3 Å². The topological polar surface area (TPSA) is 108 Å². The molecule has 2 N–H and O–H groups in total. The van der Waals surface area contributed by atoms with E-state index in [2.05, 4.69) is 21.5 Å². The molecule has 3 aromatic rings. The molecule has 2 amide bonds. The van der Waals surface area contributed by atoms with E-state index in [1.165, 1.54) is 35.2 Å². The number of hydrogen-bond acceptors (Lipinski definition) is 6. The van der Waals surface area contributed by atoms with Gasteiger partial charge in [-0.25, -0.2) is 13.8 Å². The number of carbonyl (C=O) groups is 2. The van der Waals surface area contributed by atoms with Gasteiger partial charge in [0.2, 0.25) is 12.3 Å². The van der Waals surface area contributed by atoms with E-state index in [1.807, 2.05) is 32.6 Å². The van der Waals surface area contributed by atoms with Gasteiger partial charge in [-0.1, -0.05) is 26.5 Å². The summed E-state index contributed by atoms with van der Waals surface area (Å²) < 4.78 is 31.0. The first-order valence-corrected chi connectivity index (χ1v) is 13.6. The number of nitrogens with zero attached hydrogens (tertiary/aromatic N) is 6. The highest BCUT2D eigenvalue weighted by atomic mass is 19.1. The van der Waals surface area contributed by atoms with Gasteiger partial charge in [0.15, 0.2) is 11.6 Å². The molecule has 11 heteroatoms. The van der Waals surface area contributed by atoms with Gasteiger partial charge in [-0.15, -0.1) is 0 Å². The molecular formula is C31H35F2N7O2. The van der Waals surface area contributed by atoms with Gasteiger partial charge in [0.1, 0.15) is 17.3 Å². The number of benzene rings is 1. The molecule has 0 radical (unpaired) electrons. The van der Waals surface area contributed by atoms with Crippen molar-refractivity contribution in [3.05, 3.63) is 77.6 Å². The molecule has 1 saturated heterocycles. The van der Waals surface area contributed by atoms with Gasteiger partial charge in [0, 0.05) is 44.6 Å². The van der Waals surface area contributed by atoms with Crippen LogP contribution in [0.1, 0.15) is 43.5 Å². The summed E-state index contributed by atoms with van der Waals surface area (Å²) in [4.78, 5) is 43.7. The Kier molecular flexibility index (Phi) is 8.99. The van der Waals surface area contributed by atoms with Crippen LogP contribution in [0.5, 0.6) is 0 Å². The first-order valence-electron chi connectivity index (χ1n) is 13.6. The second-order valence-corrected chi connectivity index (χ2v) is 10.5. The number of amides is 2. The number of nitrogens with two attached hydrogens (primary N) is 1. The number of piperazine rings is 1. The maximum Gasteiger partial charge on any atom is 0.246 e. The van der Waals surface area contributed by atoms with Crippen LogP contribution in [0.25, 0.3) is 11.3 Å². The molecule has 2 aromatic heterocycles. The zero-order valence-electron chi connectivity index (χ0n) is 24.4. The molecule has 1 unspecified atom stereocenters. The zero-order valence-corrected chi connectivity index (χ0v) is 24.4. The number of anilines is 3. The molecule has 0 bridgehead atoms. The smallest absolute Gasteiger partial charge is 0.246 e. The Hall–Kier alpha value is -4.67. The fourth-order valence-electron chi connectivity index (χ4n) is 5.31. The van der Waals surface area contributed by atoms with E-state index < -0.39 is 11.6 Å². The molecule has 4 rings (SSSR count). The minimum Gasteiger partial charge on any atom is -0.398 e. The molecule has 1 aliphatic heterocycles. The van der Waals surface area contributed by atoms with Crippen LogP contribution in [0.4, 0.5) is 26.0 Å². The molecule has 9 nitrogen and oxygen atoms in total. The van der Waals surface area contributed by atoms with Crippen LogP contribution in [-0.4, -0.2) is 70.6 Å². The summed E-state index contributed by atoms with van der Waals surface area (Å²) in [6.07, 6.45) is 3.52. The maximum absolute atomic E-state index is 16.0. The second-order valence-electron chi connectivity index (χ2n) is 10.5. The Labute approximate surface area is 244 Å². The number of aliphatic imine (C=N–C) groups is 1. The standard InChI is InChI=1S/C31H35F2N7O2/c1-7-25(42)38-13-14-39(20(5)16-38)30(35-6)21-15-23(33)28(26-22(32)9-8-10-24(26)34)37-31(21)40(17-41)29-19(4)11-12-36-27(29)18(2)3/h7-12,15,17-18,20H,1,13-14,16,34H2,2-6H3/b35-30+. The Bertz CT molecular complexity index is 1540. The van der Waals surface area contributed by atoms with Crippen LogP contribution in [0.15, 0.2) is 54.2 Å². The van der Waals surface area contributed by atoms with Crippen LogP contribution in [-0.2, 0) is 9.59 Å². The van der Waals surface area contributed by atoms with Gasteiger partial charge in [-0.3, -0.25) is 24.5 Å². The van der Waals surface area contributed by atoms with Crippen molar-refractivity contribution in [3.63, 3.8) is 0 Å². The summed E-state index contributed by atoms with van der Waals surface area (Å²) in [6, 6.07) is 6.81. The number of halogens is 2. The molecule has 42 heavy (non-hydrogen) atoms. The Morgan fingerprint density at radius 1 is 1.24 bits per heavy atom. The number of carbonyl (C=O) groups excluding carboxylic acids is 2. The zero-order chi connectivity index (χ0) is 30.7. The fraction of sp³-hybridized carbons (Fsp3) is 0.323. The highest BCUT2D eigenvalue weighted by Crippen LogP contribution is 2.38. The minimum absolute atomic E-state index is 0.000747. The predicted molar refractivity (Wildman–Crippen MR) is 161 cm³/mol. The third-order valence-corrected chi connectivity index (χ3v) is 7.35. The average molecular weight is 576 g/mol. The molecule has 0 spiro atoms. The number of nitrogen functional groups attached to an aromatic ring is 1. The lowest BCUT2D eigenvalue weighted by molar-refractivity contribution is -0.128. The maximum atomic E-state index is 16.0. The van der Waals surface area contributed by atoms with Crippen molar-refractivity contribution in [1.82, 2.24) is 19.8 Å². The van der Waals surface area contributed by atoms with Crippen LogP contribution in [0.3, 0.4) is 0 Å². The van der Waals surface area contributed by atoms with Crippen molar-refractivity contribution in [2.45, 2.75) is 39.7 Å². The molecule has 1 aromatic carbocycles. The van der Waals surface area contributed by atoms with Crippen molar-refractivity contribution in [2.24, 2.45) is 4.99 Å². The lowest BCUT2D eigenvalue weighted by Gasteiger charge is -2.41. The van der Waals surface area contributed by atoms with Gasteiger partial charge < -0.3 is 15.5 Å². The summed E-state index contributed by atoms with van der Waals surface area (Å²) in [7, 11) is 1.56. The van der Waals surface area contributed by atoms with Crippen molar-refractivity contribution in [2.75, 3.05) is 37.3 Å². The normalized spacial score (nSPS) is 15.6. The fourth-order valence-corrected chi connectivity index (χ4v) is 5.31. The third kappa shape index (κ3) is 5.59. The van der Waals surface area contributed by atoms with Gasteiger partial charge in [0.25, 0.3) is 0 Å². The van der Waals surface area contributed by atoms with Gasteiger partial charge in [0.05, 0.1) is 22.5 Å². The number of aryl methyl sites for hydroxylation is 1. The van der Waals surface area contributed by atoms with Crippen LogP contribution in [0, 0.1) is 18.6 Å². The Balaban J connectivity index is 1.98. The molecule has 0 saturated carbocycles. The lowest BCUT2D eigenvalue weighted by atomic mass is 10.0. The van der Waals surface area contributed by atoms with E-state index in [4.69, 9.17) is 5.73 Å². The van der Waals surface area contributed by atoms with E-state index in [-0.39, 0.29) is 46.2 Å². The van der Waals surface area contributed by atoms with E-state index in [9.17, 15) is 9.59 Å². The van der Waals surface area contributed by atoms with E-state index in [0.29, 0.717) is 43.3 Å². The molecular weight excluding hydrogens is 540 g/mol. The minimum atomic E-state index is -0.835. The summed E-state index contributed by atoms with van der Waals surface area (Å²) >= 11 is 0. The monoisotopic (exact) mass is 575 g/mol. The first kappa shape index (κ1) is 30.3. The van der Waals surface area contributed by atoms with Crippen molar-refractivity contribution in [1.29, 1.82) is 0 Å². The number of hydrogen-bond donors (Lipinski definition) is 1. The molecule has 3 heterocycles. The predicted octanol–water partition coefficient (Wildman–Crippen LogP) is 4.83. The van der Waals surface area contributed by atoms with Crippen molar-refractivity contribution >= 4 is 35.3 Å². The van der Waals surface area contributed by atoms with Crippen LogP contribution in [0.2, 0.25) is 0 Å². The van der Waals surface area contributed by atoms with Crippen LogP contribution < -0.4 is 10.6 Å². The van der Waals surface area contributed by atoms with Gasteiger partial charge >= 0.3 is 0 Å². The quantitative estimate of drug-likeness (QED) is 0.142. The lowest BCUT2D eigenvalue weighted by Crippen LogP contribution is -2.55. The summed E-state index contributed by atoms with van der Waals surface area (Å²) in [5.74, 6) is -1.43. The average Bonchev–Trinajstić information content (AvgIpc) is 2.96. The SMILES string of the molecule is C=CC(=O)N1CCN(/C(=N/C)c2cc(F)c(-c3c(N)cccc3F)nc2N(C=O)c2c(C)ccnc2C(C)C)C(C)C1. The first-order chi connectivity index (χ1) is 20.0. The molecule has 0 aliphatic carbocycles. The van der Waals surface area contributed by atoms with Crippen LogP contribution >= 0.6 is 0 Å². The van der Waals surface area contributed by atoms with Gasteiger partial charge in [-0.05, 0) is 55.7 Å². The number of aromatic nitrogens is 2. The highest BCUT2D eigenvalue weighted by Gasteiger charge is 2.33. The van der Waals surface area contributed by atoms with E-state index in [1.54, 1.807) is 24.2 Å². The summed E-state index contributed by atoms with van der Waals surface area (Å²) in [6.45, 7) is 12.4. The molecule has 1 fully saturated rings. The second kappa shape index (κ2) is 12.5. The summed E-state index contributed by atoms with van der Waals surface area (Å²) in [5.41, 5.74) is 7.60. The number of rotatable bonds is 7. The molecule has 1 aliphatic rings. The van der Waals surface area contributed by atoms with Crippen molar-refractivity contribution < 1.29 is 18.4 Å².